The van der Waals surface area contributed by atoms with Crippen LogP contribution in [0.1, 0.15) is 34.0 Å². The fourth-order valence-electron chi connectivity index (χ4n) is 2.45. The van der Waals surface area contributed by atoms with Gasteiger partial charge in [-0.25, -0.2) is 0 Å². The maximum Gasteiger partial charge on any atom is 0.223 e. The maximum atomic E-state index is 12.4. The lowest BCUT2D eigenvalue weighted by molar-refractivity contribution is -0.124. The van der Waals surface area contributed by atoms with Gasteiger partial charge < -0.3 is 5.32 Å². The number of aryl methyl sites for hydroxylation is 3. The molecule has 0 saturated carbocycles. The van der Waals surface area contributed by atoms with Crippen LogP contribution in [-0.4, -0.2) is 43.8 Å². The van der Waals surface area contributed by atoms with Crippen molar-refractivity contribution in [3.63, 3.8) is 0 Å². The molecular formula is C17H26N2O2. The molecule has 0 aliphatic carbocycles. The molecule has 0 saturated heterocycles. The Balaban J connectivity index is 2.73. The van der Waals surface area contributed by atoms with Crippen molar-refractivity contribution < 1.29 is 9.59 Å². The van der Waals surface area contributed by atoms with Crippen molar-refractivity contribution >= 4 is 11.7 Å². The van der Waals surface area contributed by atoms with Gasteiger partial charge in [-0.05, 0) is 50.6 Å². The van der Waals surface area contributed by atoms with Gasteiger partial charge in [0.2, 0.25) is 5.91 Å². The molecule has 116 valence electrons. The maximum absolute atomic E-state index is 12.4. The lowest BCUT2D eigenvalue weighted by atomic mass is 9.98. The Kier molecular flexibility index (Phi) is 6.09. The molecule has 1 amide bonds. The summed E-state index contributed by atoms with van der Waals surface area (Å²) in [6, 6.07) is 4.01. The summed E-state index contributed by atoms with van der Waals surface area (Å²) in [5.41, 5.74) is 4.12. The van der Waals surface area contributed by atoms with E-state index in [2.05, 4.69) is 11.4 Å². The minimum absolute atomic E-state index is 0.00309. The van der Waals surface area contributed by atoms with Crippen LogP contribution in [0.2, 0.25) is 0 Å². The number of carbonyl (C=O) groups excluding carboxylic acids is 2. The number of likely N-dealkylation sites (N-methyl/N-ethyl adjacent to an activating group) is 1. The third-order valence-electron chi connectivity index (χ3n) is 3.83. The van der Waals surface area contributed by atoms with Gasteiger partial charge in [-0.2, -0.15) is 0 Å². The zero-order chi connectivity index (χ0) is 16.2. The quantitative estimate of drug-likeness (QED) is 0.816. The number of hydrogen-bond donors (Lipinski definition) is 1. The Bertz CT molecular complexity index is 538. The molecule has 0 bridgehead atoms. The summed E-state index contributed by atoms with van der Waals surface area (Å²) in [5.74, 6) is -0.0347. The van der Waals surface area contributed by atoms with E-state index >= 15 is 0 Å². The Labute approximate surface area is 127 Å². The van der Waals surface area contributed by atoms with Crippen molar-refractivity contribution in [2.45, 2.75) is 27.7 Å². The summed E-state index contributed by atoms with van der Waals surface area (Å²) in [5, 5.41) is 2.63. The lowest BCUT2D eigenvalue weighted by Crippen LogP contribution is -2.36. The van der Waals surface area contributed by atoms with Crippen LogP contribution in [0.5, 0.6) is 0 Å². The highest BCUT2D eigenvalue weighted by Crippen LogP contribution is 2.16. The fourth-order valence-corrected chi connectivity index (χ4v) is 2.45. The van der Waals surface area contributed by atoms with Crippen molar-refractivity contribution in [2.75, 3.05) is 27.2 Å². The van der Waals surface area contributed by atoms with E-state index in [1.807, 2.05) is 45.7 Å². The summed E-state index contributed by atoms with van der Waals surface area (Å²) >= 11 is 0. The summed E-state index contributed by atoms with van der Waals surface area (Å²) in [6.07, 6.45) is 0. The van der Waals surface area contributed by atoms with E-state index in [1.54, 1.807) is 7.05 Å². The molecule has 0 heterocycles. The Morgan fingerprint density at radius 2 is 1.71 bits per heavy atom. The number of carbonyl (C=O) groups is 2. The fraction of sp³-hybridized carbons (Fsp3) is 0.529. The number of nitrogens with one attached hydrogen (secondary N) is 1. The van der Waals surface area contributed by atoms with Crippen LogP contribution in [0.25, 0.3) is 0 Å². The first-order chi connectivity index (χ1) is 9.76. The number of hydrogen-bond acceptors (Lipinski definition) is 3. The van der Waals surface area contributed by atoms with Gasteiger partial charge in [-0.1, -0.05) is 13.0 Å². The average Bonchev–Trinajstić information content (AvgIpc) is 2.41. The van der Waals surface area contributed by atoms with Gasteiger partial charge in [0.15, 0.2) is 5.78 Å². The Hall–Kier alpha value is -1.68. The highest BCUT2D eigenvalue weighted by molar-refractivity contribution is 5.99. The smallest absolute Gasteiger partial charge is 0.223 e. The monoisotopic (exact) mass is 290 g/mol. The lowest BCUT2D eigenvalue weighted by Gasteiger charge is -2.20. The first-order valence-electron chi connectivity index (χ1n) is 7.27. The van der Waals surface area contributed by atoms with E-state index in [9.17, 15) is 9.59 Å². The van der Waals surface area contributed by atoms with Gasteiger partial charge in [0.25, 0.3) is 0 Å². The first-order valence-corrected chi connectivity index (χ1v) is 7.27. The van der Waals surface area contributed by atoms with E-state index in [4.69, 9.17) is 0 Å². The second-order valence-corrected chi connectivity index (χ2v) is 5.89. The van der Waals surface area contributed by atoms with Crippen LogP contribution in [0, 0.1) is 26.7 Å². The highest BCUT2D eigenvalue weighted by atomic mass is 16.1. The minimum Gasteiger partial charge on any atom is -0.359 e. The molecule has 1 atom stereocenters. The van der Waals surface area contributed by atoms with Gasteiger partial charge in [0.05, 0.1) is 6.54 Å². The number of ketones is 1. The zero-order valence-corrected chi connectivity index (χ0v) is 13.9. The van der Waals surface area contributed by atoms with E-state index in [-0.39, 0.29) is 17.6 Å². The number of amides is 1. The highest BCUT2D eigenvalue weighted by Gasteiger charge is 2.17. The summed E-state index contributed by atoms with van der Waals surface area (Å²) in [6.45, 7) is 8.78. The zero-order valence-electron chi connectivity index (χ0n) is 13.9. The van der Waals surface area contributed by atoms with Crippen molar-refractivity contribution in [3.8, 4) is 0 Å². The number of Topliss-reactive ketones (excluding diaryl/α,β-unsaturated/α-hetero) is 1. The molecule has 1 N–H and O–H groups in total. The topological polar surface area (TPSA) is 49.4 Å². The normalized spacial score (nSPS) is 12.3. The average molecular weight is 290 g/mol. The predicted molar refractivity (Wildman–Crippen MR) is 85.7 cm³/mol. The van der Waals surface area contributed by atoms with Crippen molar-refractivity contribution in [1.29, 1.82) is 0 Å². The molecule has 0 aliphatic heterocycles. The molecule has 1 rings (SSSR count). The number of rotatable bonds is 6. The van der Waals surface area contributed by atoms with Crippen LogP contribution in [0.3, 0.4) is 0 Å². The Morgan fingerprint density at radius 3 is 2.29 bits per heavy atom. The SMILES string of the molecule is CNC(=O)C(C)CN(C)CC(=O)c1cc(C)c(C)cc1C. The van der Waals surface area contributed by atoms with E-state index in [1.165, 1.54) is 5.56 Å². The van der Waals surface area contributed by atoms with E-state index < -0.39 is 0 Å². The van der Waals surface area contributed by atoms with Crippen molar-refractivity contribution in [1.82, 2.24) is 10.2 Å². The van der Waals surface area contributed by atoms with Crippen LogP contribution in [0.15, 0.2) is 12.1 Å². The first kappa shape index (κ1) is 17.4. The number of nitrogens with zero attached hydrogens (tertiary/aromatic N) is 1. The van der Waals surface area contributed by atoms with Gasteiger partial charge in [-0.15, -0.1) is 0 Å². The number of benzene rings is 1. The molecule has 4 nitrogen and oxygen atoms in total. The largest absolute Gasteiger partial charge is 0.359 e. The van der Waals surface area contributed by atoms with Gasteiger partial charge >= 0.3 is 0 Å². The van der Waals surface area contributed by atoms with Gasteiger partial charge in [-0.3, -0.25) is 14.5 Å². The van der Waals surface area contributed by atoms with Crippen molar-refractivity contribution in [3.05, 3.63) is 34.4 Å². The van der Waals surface area contributed by atoms with Gasteiger partial charge in [0.1, 0.15) is 0 Å². The molecule has 1 aromatic rings. The second kappa shape index (κ2) is 7.36. The van der Waals surface area contributed by atoms with Crippen LogP contribution in [0.4, 0.5) is 0 Å². The van der Waals surface area contributed by atoms with Crippen LogP contribution in [-0.2, 0) is 4.79 Å². The van der Waals surface area contributed by atoms with E-state index in [0.29, 0.717) is 13.1 Å². The molecular weight excluding hydrogens is 264 g/mol. The molecule has 21 heavy (non-hydrogen) atoms. The van der Waals surface area contributed by atoms with Crippen LogP contribution >= 0.6 is 0 Å². The minimum atomic E-state index is -0.131. The third-order valence-corrected chi connectivity index (χ3v) is 3.83. The Morgan fingerprint density at radius 1 is 1.14 bits per heavy atom. The standard InChI is InChI=1S/C17H26N2O2/c1-11-7-13(3)15(8-12(11)2)16(20)10-19(6)9-14(4)17(21)18-5/h7-8,14H,9-10H2,1-6H3,(H,18,21). The molecule has 0 radical (unpaired) electrons. The summed E-state index contributed by atoms with van der Waals surface area (Å²) in [4.78, 5) is 25.8. The molecule has 0 aliphatic rings. The second-order valence-electron chi connectivity index (χ2n) is 5.89. The summed E-state index contributed by atoms with van der Waals surface area (Å²) in [7, 11) is 3.50. The van der Waals surface area contributed by atoms with Crippen molar-refractivity contribution in [2.24, 2.45) is 5.92 Å². The molecule has 1 unspecified atom stereocenters. The van der Waals surface area contributed by atoms with Crippen LogP contribution < -0.4 is 5.32 Å². The molecule has 1 aromatic carbocycles. The molecule has 4 heteroatoms. The molecule has 0 spiro atoms. The molecule has 0 aromatic heterocycles. The van der Waals surface area contributed by atoms with E-state index in [0.717, 1.165) is 16.7 Å². The molecule has 0 fully saturated rings. The third kappa shape index (κ3) is 4.67. The summed E-state index contributed by atoms with van der Waals surface area (Å²) < 4.78 is 0. The van der Waals surface area contributed by atoms with Gasteiger partial charge in [0, 0.05) is 25.1 Å². The predicted octanol–water partition coefficient (Wildman–Crippen LogP) is 2.11.